The van der Waals surface area contributed by atoms with Gasteiger partial charge in [0.25, 0.3) is 5.91 Å². The van der Waals surface area contributed by atoms with Crippen LogP contribution in [0.4, 0.5) is 0 Å². The standard InChI is InChI=1S/C8H16N2O/c1-4-10-7(8(9)11)5-6(2)3/h5-6,10H,4H2,1-3H3,(H2,9,11). The van der Waals surface area contributed by atoms with E-state index in [1.54, 1.807) is 0 Å². The SMILES string of the molecule is CCNC(=CC(C)C)C(N)=O. The van der Waals surface area contributed by atoms with E-state index in [4.69, 9.17) is 5.73 Å². The molecule has 3 heteroatoms. The number of allylic oxidation sites excluding steroid dienone is 1. The maximum absolute atomic E-state index is 10.7. The second-order valence-corrected chi connectivity index (χ2v) is 2.72. The fourth-order valence-corrected chi connectivity index (χ4v) is 0.752. The predicted octanol–water partition coefficient (Wildman–Crippen LogP) is 0.621. The minimum atomic E-state index is -0.388. The van der Waals surface area contributed by atoms with Crippen molar-refractivity contribution in [2.45, 2.75) is 20.8 Å². The lowest BCUT2D eigenvalue weighted by molar-refractivity contribution is -0.114. The van der Waals surface area contributed by atoms with E-state index in [1.807, 2.05) is 26.8 Å². The highest BCUT2D eigenvalue weighted by molar-refractivity contribution is 5.91. The van der Waals surface area contributed by atoms with E-state index >= 15 is 0 Å². The summed E-state index contributed by atoms with van der Waals surface area (Å²) >= 11 is 0. The molecule has 0 saturated carbocycles. The van der Waals surface area contributed by atoms with E-state index in [2.05, 4.69) is 5.32 Å². The van der Waals surface area contributed by atoms with Crippen LogP contribution >= 0.6 is 0 Å². The molecule has 0 heterocycles. The van der Waals surface area contributed by atoms with Crippen LogP contribution in [0.25, 0.3) is 0 Å². The van der Waals surface area contributed by atoms with Gasteiger partial charge >= 0.3 is 0 Å². The molecule has 0 bridgehead atoms. The van der Waals surface area contributed by atoms with Gasteiger partial charge in [0.05, 0.1) is 5.70 Å². The van der Waals surface area contributed by atoms with E-state index < -0.39 is 0 Å². The first-order chi connectivity index (χ1) is 5.07. The highest BCUT2D eigenvalue weighted by Crippen LogP contribution is 1.98. The van der Waals surface area contributed by atoms with E-state index in [1.165, 1.54) is 0 Å². The fraction of sp³-hybridized carbons (Fsp3) is 0.625. The second kappa shape index (κ2) is 4.77. The second-order valence-electron chi connectivity index (χ2n) is 2.72. The molecule has 0 aromatic carbocycles. The minimum Gasteiger partial charge on any atom is -0.381 e. The third-order valence-electron chi connectivity index (χ3n) is 1.13. The molecule has 0 aliphatic rings. The van der Waals surface area contributed by atoms with Crippen molar-refractivity contribution in [3.63, 3.8) is 0 Å². The van der Waals surface area contributed by atoms with Crippen LogP contribution < -0.4 is 11.1 Å². The zero-order valence-electron chi connectivity index (χ0n) is 7.35. The zero-order chi connectivity index (χ0) is 8.85. The monoisotopic (exact) mass is 156 g/mol. The Bertz CT molecular complexity index is 161. The molecular weight excluding hydrogens is 140 g/mol. The van der Waals surface area contributed by atoms with Crippen molar-refractivity contribution in [3.05, 3.63) is 11.8 Å². The molecule has 11 heavy (non-hydrogen) atoms. The molecule has 0 aromatic heterocycles. The highest BCUT2D eigenvalue weighted by atomic mass is 16.1. The summed E-state index contributed by atoms with van der Waals surface area (Å²) in [5.41, 5.74) is 5.62. The average Bonchev–Trinajstić information content (AvgIpc) is 1.86. The Labute approximate surface area is 67.7 Å². The number of nitrogens with two attached hydrogens (primary N) is 1. The Morgan fingerprint density at radius 3 is 2.45 bits per heavy atom. The van der Waals surface area contributed by atoms with Crippen LogP contribution in [0.1, 0.15) is 20.8 Å². The van der Waals surface area contributed by atoms with Gasteiger partial charge in [-0.2, -0.15) is 0 Å². The van der Waals surface area contributed by atoms with E-state index in [0.717, 1.165) is 6.54 Å². The largest absolute Gasteiger partial charge is 0.381 e. The quantitative estimate of drug-likeness (QED) is 0.586. The number of carbonyl (C=O) groups excluding carboxylic acids is 1. The third-order valence-corrected chi connectivity index (χ3v) is 1.13. The number of amides is 1. The van der Waals surface area contributed by atoms with Crippen LogP contribution in [-0.2, 0) is 4.79 Å². The van der Waals surface area contributed by atoms with Crippen LogP contribution in [0.15, 0.2) is 11.8 Å². The van der Waals surface area contributed by atoms with E-state index in [-0.39, 0.29) is 5.91 Å². The lowest BCUT2D eigenvalue weighted by atomic mass is 10.2. The van der Waals surface area contributed by atoms with Crippen LogP contribution in [0.2, 0.25) is 0 Å². The molecule has 3 nitrogen and oxygen atoms in total. The molecule has 0 atom stereocenters. The Morgan fingerprint density at radius 2 is 2.18 bits per heavy atom. The topological polar surface area (TPSA) is 55.1 Å². The van der Waals surface area contributed by atoms with Gasteiger partial charge in [0.1, 0.15) is 0 Å². The molecule has 0 unspecified atom stereocenters. The van der Waals surface area contributed by atoms with Crippen molar-refractivity contribution < 1.29 is 4.79 Å². The molecule has 0 spiro atoms. The smallest absolute Gasteiger partial charge is 0.264 e. The summed E-state index contributed by atoms with van der Waals surface area (Å²) in [6, 6.07) is 0. The maximum atomic E-state index is 10.7. The van der Waals surface area contributed by atoms with Crippen molar-refractivity contribution in [2.24, 2.45) is 11.7 Å². The molecule has 3 N–H and O–H groups in total. The predicted molar refractivity (Wildman–Crippen MR) is 45.8 cm³/mol. The molecule has 0 fully saturated rings. The number of rotatable bonds is 4. The number of primary amides is 1. The molecule has 0 aliphatic heterocycles. The summed E-state index contributed by atoms with van der Waals surface area (Å²) < 4.78 is 0. The first-order valence-corrected chi connectivity index (χ1v) is 3.83. The molecule has 0 aliphatic carbocycles. The number of carbonyl (C=O) groups is 1. The highest BCUT2D eigenvalue weighted by Gasteiger charge is 2.02. The van der Waals surface area contributed by atoms with Crippen molar-refractivity contribution in [1.29, 1.82) is 0 Å². The van der Waals surface area contributed by atoms with E-state index in [0.29, 0.717) is 11.6 Å². The fourth-order valence-electron chi connectivity index (χ4n) is 0.752. The van der Waals surface area contributed by atoms with Gasteiger partial charge in [0, 0.05) is 6.54 Å². The first-order valence-electron chi connectivity index (χ1n) is 3.83. The van der Waals surface area contributed by atoms with Crippen LogP contribution in [0.5, 0.6) is 0 Å². The lowest BCUT2D eigenvalue weighted by Gasteiger charge is -2.05. The van der Waals surface area contributed by atoms with Gasteiger partial charge < -0.3 is 11.1 Å². The van der Waals surface area contributed by atoms with Gasteiger partial charge in [0.15, 0.2) is 0 Å². The van der Waals surface area contributed by atoms with Crippen LogP contribution in [0.3, 0.4) is 0 Å². The van der Waals surface area contributed by atoms with Gasteiger partial charge in [-0.3, -0.25) is 4.79 Å². The number of hydrogen-bond donors (Lipinski definition) is 2. The minimum absolute atomic E-state index is 0.344. The van der Waals surface area contributed by atoms with Crippen molar-refractivity contribution in [3.8, 4) is 0 Å². The number of hydrogen-bond acceptors (Lipinski definition) is 2. The van der Waals surface area contributed by atoms with Gasteiger partial charge in [-0.05, 0) is 12.8 Å². The lowest BCUT2D eigenvalue weighted by Crippen LogP contribution is -2.26. The number of likely N-dealkylation sites (N-methyl/N-ethyl adjacent to an activating group) is 1. The molecule has 64 valence electrons. The van der Waals surface area contributed by atoms with Gasteiger partial charge in [0.2, 0.25) is 0 Å². The summed E-state index contributed by atoms with van der Waals surface area (Å²) in [4.78, 5) is 10.7. The van der Waals surface area contributed by atoms with Crippen LogP contribution in [-0.4, -0.2) is 12.5 Å². The summed E-state index contributed by atoms with van der Waals surface area (Å²) in [6.07, 6.45) is 1.83. The molecule has 0 rings (SSSR count). The molecule has 0 saturated heterocycles. The van der Waals surface area contributed by atoms with Gasteiger partial charge in [-0.1, -0.05) is 19.9 Å². The summed E-state index contributed by atoms with van der Waals surface area (Å²) in [7, 11) is 0. The Morgan fingerprint density at radius 1 is 1.64 bits per heavy atom. The zero-order valence-corrected chi connectivity index (χ0v) is 7.35. The average molecular weight is 156 g/mol. The molecular formula is C8H16N2O. The van der Waals surface area contributed by atoms with Crippen molar-refractivity contribution >= 4 is 5.91 Å². The van der Waals surface area contributed by atoms with Crippen molar-refractivity contribution in [1.82, 2.24) is 5.32 Å². The summed E-state index contributed by atoms with van der Waals surface area (Å²) in [5, 5.41) is 2.90. The molecule has 0 aromatic rings. The van der Waals surface area contributed by atoms with Crippen LogP contribution in [0, 0.1) is 5.92 Å². The summed E-state index contributed by atoms with van der Waals surface area (Å²) in [6.45, 7) is 6.65. The maximum Gasteiger partial charge on any atom is 0.264 e. The van der Waals surface area contributed by atoms with E-state index in [9.17, 15) is 4.79 Å². The van der Waals surface area contributed by atoms with Crippen molar-refractivity contribution in [2.75, 3.05) is 6.54 Å². The van der Waals surface area contributed by atoms with Gasteiger partial charge in [-0.15, -0.1) is 0 Å². The molecule has 0 radical (unpaired) electrons. The Kier molecular flexibility index (Phi) is 4.34. The Balaban J connectivity index is 4.20. The third kappa shape index (κ3) is 4.42. The normalized spacial score (nSPS) is 11.8. The first kappa shape index (κ1) is 10.0. The van der Waals surface area contributed by atoms with Gasteiger partial charge in [-0.25, -0.2) is 0 Å². The summed E-state index contributed by atoms with van der Waals surface area (Å²) in [5.74, 6) is -0.0444. The Hall–Kier alpha value is -0.990. The number of nitrogens with one attached hydrogen (secondary N) is 1. The molecule has 1 amide bonds.